The van der Waals surface area contributed by atoms with Gasteiger partial charge in [0, 0.05) is 14.2 Å². The highest BCUT2D eigenvalue weighted by molar-refractivity contribution is 5.90. The summed E-state index contributed by atoms with van der Waals surface area (Å²) in [5, 5.41) is 10.8. The lowest BCUT2D eigenvalue weighted by molar-refractivity contribution is -0.293. The van der Waals surface area contributed by atoms with E-state index in [-0.39, 0.29) is 6.61 Å². The zero-order valence-corrected chi connectivity index (χ0v) is 16.7. The number of hydrogen-bond donors (Lipinski definition) is 1. The fourth-order valence-electron chi connectivity index (χ4n) is 3.17. The van der Waals surface area contributed by atoms with E-state index in [1.807, 2.05) is 0 Å². The smallest absolute Gasteiger partial charge is 0.338 e. The van der Waals surface area contributed by atoms with E-state index in [1.165, 1.54) is 14.2 Å². The minimum atomic E-state index is -1.31. The van der Waals surface area contributed by atoms with Gasteiger partial charge in [0.2, 0.25) is 0 Å². The molecule has 1 N–H and O–H groups in total. The molecule has 0 unspecified atom stereocenters. The van der Waals surface area contributed by atoms with Crippen molar-refractivity contribution in [3.8, 4) is 0 Å². The van der Waals surface area contributed by atoms with Gasteiger partial charge in [-0.1, -0.05) is 36.4 Å². The van der Waals surface area contributed by atoms with Gasteiger partial charge in [0.25, 0.3) is 0 Å². The first kappa shape index (κ1) is 21.9. The maximum absolute atomic E-state index is 12.6. The molecular weight excluding hydrogens is 392 g/mol. The van der Waals surface area contributed by atoms with Gasteiger partial charge in [-0.05, 0) is 24.3 Å². The Kier molecular flexibility index (Phi) is 7.53. The van der Waals surface area contributed by atoms with Gasteiger partial charge in [-0.2, -0.15) is 0 Å². The Morgan fingerprint density at radius 3 is 1.83 bits per heavy atom. The number of ether oxygens (including phenoxy) is 5. The van der Waals surface area contributed by atoms with Crippen LogP contribution in [-0.2, 0) is 23.7 Å². The van der Waals surface area contributed by atoms with E-state index in [4.69, 9.17) is 23.7 Å². The fraction of sp³-hybridized carbons (Fsp3) is 0.364. The van der Waals surface area contributed by atoms with Crippen LogP contribution >= 0.6 is 0 Å². The molecule has 1 aliphatic heterocycles. The Bertz CT molecular complexity index is 826. The Labute approximate surface area is 174 Å². The van der Waals surface area contributed by atoms with Gasteiger partial charge in [-0.25, -0.2) is 9.59 Å². The standard InChI is InChI=1S/C22H24O8/c1-26-13-16-17(23)18(29-20(24)14-9-5-3-6-10-14)19(22(27-2)28-16)30-21(25)15-11-7-4-8-12-15/h3-12,16-19,22-23H,13H2,1-2H3/t16-,17-,18+,19-,22+/m1/s1. The predicted octanol–water partition coefficient (Wildman–Crippen LogP) is 1.82. The van der Waals surface area contributed by atoms with Crippen molar-refractivity contribution < 1.29 is 38.4 Å². The van der Waals surface area contributed by atoms with Crippen molar-refractivity contribution in [2.24, 2.45) is 0 Å². The van der Waals surface area contributed by atoms with E-state index < -0.39 is 42.6 Å². The molecule has 8 nitrogen and oxygen atoms in total. The number of carbonyl (C=O) groups excluding carboxylic acids is 2. The second-order valence-electron chi connectivity index (χ2n) is 6.70. The molecule has 2 aromatic carbocycles. The number of esters is 2. The quantitative estimate of drug-likeness (QED) is 0.683. The molecule has 30 heavy (non-hydrogen) atoms. The second-order valence-corrected chi connectivity index (χ2v) is 6.70. The molecule has 0 spiro atoms. The van der Waals surface area contributed by atoms with Gasteiger partial charge in [-0.15, -0.1) is 0 Å². The first-order valence-electron chi connectivity index (χ1n) is 9.42. The largest absolute Gasteiger partial charge is 0.452 e. The van der Waals surface area contributed by atoms with Gasteiger partial charge < -0.3 is 28.8 Å². The van der Waals surface area contributed by atoms with Gasteiger partial charge in [0.1, 0.15) is 12.2 Å². The highest BCUT2D eigenvalue weighted by atomic mass is 16.7. The zero-order valence-electron chi connectivity index (χ0n) is 16.7. The lowest BCUT2D eigenvalue weighted by atomic mass is 9.98. The third-order valence-corrected chi connectivity index (χ3v) is 4.69. The highest BCUT2D eigenvalue weighted by Crippen LogP contribution is 2.28. The van der Waals surface area contributed by atoms with Gasteiger partial charge >= 0.3 is 11.9 Å². The molecule has 1 aliphatic rings. The van der Waals surface area contributed by atoms with Crippen LogP contribution in [0.3, 0.4) is 0 Å². The molecule has 8 heteroatoms. The van der Waals surface area contributed by atoms with Crippen LogP contribution in [0.1, 0.15) is 20.7 Å². The van der Waals surface area contributed by atoms with Crippen LogP contribution in [0.2, 0.25) is 0 Å². The Balaban J connectivity index is 1.86. The Morgan fingerprint density at radius 1 is 0.867 bits per heavy atom. The molecule has 3 rings (SSSR count). The topological polar surface area (TPSA) is 101 Å². The summed E-state index contributed by atoms with van der Waals surface area (Å²) >= 11 is 0. The molecule has 0 saturated carbocycles. The summed E-state index contributed by atoms with van der Waals surface area (Å²) < 4.78 is 27.2. The molecule has 2 aromatic rings. The van der Waals surface area contributed by atoms with Crippen molar-refractivity contribution in [1.82, 2.24) is 0 Å². The first-order chi connectivity index (χ1) is 14.5. The third-order valence-electron chi connectivity index (χ3n) is 4.69. The SMILES string of the molecule is COC[C@H]1O[C@H](OC)[C@H](OC(=O)c2ccccc2)[C@@H](OC(=O)c2ccccc2)[C@@H]1O. The molecule has 0 aromatic heterocycles. The summed E-state index contributed by atoms with van der Waals surface area (Å²) in [6, 6.07) is 16.6. The predicted molar refractivity (Wildman–Crippen MR) is 105 cm³/mol. The maximum Gasteiger partial charge on any atom is 0.338 e. The number of aliphatic hydroxyl groups excluding tert-OH is 1. The molecule has 160 valence electrons. The molecule has 1 fully saturated rings. The van der Waals surface area contributed by atoms with Gasteiger partial charge in [0.15, 0.2) is 18.5 Å². The van der Waals surface area contributed by atoms with Crippen LogP contribution in [-0.4, -0.2) is 68.6 Å². The van der Waals surface area contributed by atoms with Crippen LogP contribution in [0.4, 0.5) is 0 Å². The van der Waals surface area contributed by atoms with Crippen molar-refractivity contribution in [1.29, 1.82) is 0 Å². The first-order valence-corrected chi connectivity index (χ1v) is 9.42. The number of rotatable bonds is 7. The molecular formula is C22H24O8. The Morgan fingerprint density at radius 2 is 1.37 bits per heavy atom. The molecule has 0 aliphatic carbocycles. The van der Waals surface area contributed by atoms with Crippen LogP contribution < -0.4 is 0 Å². The van der Waals surface area contributed by atoms with Crippen molar-refractivity contribution in [3.05, 3.63) is 71.8 Å². The van der Waals surface area contributed by atoms with Crippen LogP contribution in [0.5, 0.6) is 0 Å². The monoisotopic (exact) mass is 416 g/mol. The minimum absolute atomic E-state index is 0.0275. The summed E-state index contributed by atoms with van der Waals surface area (Å²) in [4.78, 5) is 25.2. The molecule has 5 atom stereocenters. The number of aliphatic hydroxyl groups is 1. The van der Waals surface area contributed by atoms with E-state index in [0.717, 1.165) is 0 Å². The summed E-state index contributed by atoms with van der Waals surface area (Å²) in [6.45, 7) is 0.0275. The molecule has 0 radical (unpaired) electrons. The summed E-state index contributed by atoms with van der Waals surface area (Å²) in [5.41, 5.74) is 0.593. The van der Waals surface area contributed by atoms with E-state index in [9.17, 15) is 14.7 Å². The average Bonchev–Trinajstić information content (AvgIpc) is 2.79. The van der Waals surface area contributed by atoms with Crippen LogP contribution in [0.25, 0.3) is 0 Å². The number of carbonyl (C=O) groups is 2. The van der Waals surface area contributed by atoms with Gasteiger partial charge in [0.05, 0.1) is 17.7 Å². The lowest BCUT2D eigenvalue weighted by Crippen LogP contribution is -2.61. The summed E-state index contributed by atoms with van der Waals surface area (Å²) in [5.74, 6) is -1.34. The van der Waals surface area contributed by atoms with Crippen LogP contribution in [0, 0.1) is 0 Å². The average molecular weight is 416 g/mol. The fourth-order valence-corrected chi connectivity index (χ4v) is 3.17. The molecule has 0 bridgehead atoms. The third kappa shape index (κ3) is 5.03. The molecule has 1 saturated heterocycles. The van der Waals surface area contributed by atoms with Gasteiger partial charge in [-0.3, -0.25) is 0 Å². The second kappa shape index (κ2) is 10.3. The van der Waals surface area contributed by atoms with Crippen molar-refractivity contribution >= 4 is 11.9 Å². The Hall–Kier alpha value is -2.78. The van der Waals surface area contributed by atoms with Crippen molar-refractivity contribution in [3.63, 3.8) is 0 Å². The summed E-state index contributed by atoms with van der Waals surface area (Å²) in [7, 11) is 2.82. The van der Waals surface area contributed by atoms with E-state index in [1.54, 1.807) is 60.7 Å². The van der Waals surface area contributed by atoms with Crippen molar-refractivity contribution in [2.75, 3.05) is 20.8 Å². The minimum Gasteiger partial charge on any atom is -0.452 e. The molecule has 0 amide bonds. The number of methoxy groups -OCH3 is 2. The number of benzene rings is 2. The zero-order chi connectivity index (χ0) is 21.5. The lowest BCUT2D eigenvalue weighted by Gasteiger charge is -2.42. The highest BCUT2D eigenvalue weighted by Gasteiger charge is 2.50. The maximum atomic E-state index is 12.6. The van der Waals surface area contributed by atoms with E-state index in [0.29, 0.717) is 11.1 Å². The van der Waals surface area contributed by atoms with E-state index in [2.05, 4.69) is 0 Å². The van der Waals surface area contributed by atoms with E-state index >= 15 is 0 Å². The molecule has 1 heterocycles. The normalized spacial score (nSPS) is 26.0. The number of hydrogen-bond acceptors (Lipinski definition) is 8. The van der Waals surface area contributed by atoms with Crippen LogP contribution in [0.15, 0.2) is 60.7 Å². The van der Waals surface area contributed by atoms with Crippen molar-refractivity contribution in [2.45, 2.75) is 30.7 Å². The summed E-state index contributed by atoms with van der Waals surface area (Å²) in [6.07, 6.45) is -5.66.